The van der Waals surface area contributed by atoms with Gasteiger partial charge in [0, 0.05) is 18.9 Å². The van der Waals surface area contributed by atoms with Gasteiger partial charge in [-0.05, 0) is 13.0 Å². The van der Waals surface area contributed by atoms with Gasteiger partial charge in [0.2, 0.25) is 0 Å². The highest BCUT2D eigenvalue weighted by atomic mass is 16.1. The van der Waals surface area contributed by atoms with Crippen molar-refractivity contribution in [1.29, 1.82) is 0 Å². The Labute approximate surface area is 76.4 Å². The maximum absolute atomic E-state index is 11.3. The van der Waals surface area contributed by atoms with Crippen molar-refractivity contribution >= 4 is 5.91 Å². The van der Waals surface area contributed by atoms with E-state index in [4.69, 9.17) is 5.73 Å². The van der Waals surface area contributed by atoms with Crippen molar-refractivity contribution in [3.8, 4) is 0 Å². The summed E-state index contributed by atoms with van der Waals surface area (Å²) in [6.07, 6.45) is 5.21. The van der Waals surface area contributed by atoms with E-state index in [2.05, 4.69) is 15.3 Å². The Morgan fingerprint density at radius 2 is 2.38 bits per heavy atom. The molecule has 1 heterocycles. The van der Waals surface area contributed by atoms with Crippen LogP contribution in [0.1, 0.15) is 16.9 Å². The van der Waals surface area contributed by atoms with E-state index in [1.165, 1.54) is 18.6 Å². The third kappa shape index (κ3) is 3.16. The lowest BCUT2D eigenvalue weighted by Gasteiger charge is -2.01. The predicted octanol–water partition coefficient (Wildman–Crippen LogP) is -0.445. The normalized spacial score (nSPS) is 9.62. The molecular weight excluding hydrogens is 168 g/mol. The number of carbonyl (C=O) groups excluding carboxylic acids is 1. The van der Waals surface area contributed by atoms with Crippen molar-refractivity contribution in [2.45, 2.75) is 6.42 Å². The van der Waals surface area contributed by atoms with E-state index in [1.54, 1.807) is 0 Å². The second-order valence-corrected chi connectivity index (χ2v) is 2.49. The quantitative estimate of drug-likeness (QED) is 0.615. The molecule has 0 saturated heterocycles. The minimum Gasteiger partial charge on any atom is -0.351 e. The fourth-order valence-corrected chi connectivity index (χ4v) is 0.811. The summed E-state index contributed by atoms with van der Waals surface area (Å²) in [7, 11) is 0. The maximum Gasteiger partial charge on any atom is 0.271 e. The third-order valence-corrected chi connectivity index (χ3v) is 1.46. The topological polar surface area (TPSA) is 80.9 Å². The molecule has 0 atom stereocenters. The van der Waals surface area contributed by atoms with Crippen LogP contribution in [-0.4, -0.2) is 29.0 Å². The number of hydrogen-bond donors (Lipinski definition) is 2. The number of nitrogens with zero attached hydrogens (tertiary/aromatic N) is 2. The molecule has 13 heavy (non-hydrogen) atoms. The van der Waals surface area contributed by atoms with Gasteiger partial charge < -0.3 is 11.1 Å². The van der Waals surface area contributed by atoms with E-state index in [0.717, 1.165) is 6.42 Å². The molecule has 70 valence electrons. The van der Waals surface area contributed by atoms with Crippen molar-refractivity contribution in [3.63, 3.8) is 0 Å². The zero-order valence-corrected chi connectivity index (χ0v) is 7.23. The average molecular weight is 180 g/mol. The highest BCUT2D eigenvalue weighted by Crippen LogP contribution is 1.88. The molecular formula is C8H12N4O. The van der Waals surface area contributed by atoms with Gasteiger partial charge in [-0.15, -0.1) is 0 Å². The summed E-state index contributed by atoms with van der Waals surface area (Å²) in [6, 6.07) is 0. The largest absolute Gasteiger partial charge is 0.351 e. The molecule has 0 radical (unpaired) electrons. The molecule has 0 unspecified atom stereocenters. The Morgan fingerprint density at radius 3 is 3.00 bits per heavy atom. The number of rotatable bonds is 4. The van der Waals surface area contributed by atoms with Gasteiger partial charge in [-0.2, -0.15) is 0 Å². The van der Waals surface area contributed by atoms with Crippen LogP contribution in [0.2, 0.25) is 0 Å². The first-order valence-electron chi connectivity index (χ1n) is 4.09. The summed E-state index contributed by atoms with van der Waals surface area (Å²) in [4.78, 5) is 18.9. The zero-order chi connectivity index (χ0) is 9.52. The fourth-order valence-electron chi connectivity index (χ4n) is 0.811. The molecule has 5 nitrogen and oxygen atoms in total. The summed E-state index contributed by atoms with van der Waals surface area (Å²) in [5, 5.41) is 2.68. The van der Waals surface area contributed by atoms with Crippen LogP contribution in [-0.2, 0) is 0 Å². The molecule has 1 rings (SSSR count). The van der Waals surface area contributed by atoms with Crippen molar-refractivity contribution in [3.05, 3.63) is 24.3 Å². The van der Waals surface area contributed by atoms with Crippen LogP contribution >= 0.6 is 0 Å². The SMILES string of the molecule is NCCCNC(=O)c1cnccn1. The van der Waals surface area contributed by atoms with Gasteiger partial charge in [0.15, 0.2) is 0 Å². The minimum absolute atomic E-state index is 0.207. The second kappa shape index (κ2) is 5.21. The van der Waals surface area contributed by atoms with Crippen molar-refractivity contribution < 1.29 is 4.79 Å². The molecule has 0 aliphatic carbocycles. The van der Waals surface area contributed by atoms with Crippen molar-refractivity contribution in [2.75, 3.05) is 13.1 Å². The standard InChI is InChI=1S/C8H12N4O/c9-2-1-3-12-8(13)7-6-10-4-5-11-7/h4-6H,1-3,9H2,(H,12,13). The van der Waals surface area contributed by atoms with E-state index in [0.29, 0.717) is 18.8 Å². The molecule has 0 aliphatic heterocycles. The predicted molar refractivity (Wildman–Crippen MR) is 48.0 cm³/mol. The molecule has 0 spiro atoms. The van der Waals surface area contributed by atoms with Crippen LogP contribution in [0, 0.1) is 0 Å². The van der Waals surface area contributed by atoms with Gasteiger partial charge >= 0.3 is 0 Å². The van der Waals surface area contributed by atoms with E-state index < -0.39 is 0 Å². The Hall–Kier alpha value is -1.49. The number of aromatic nitrogens is 2. The highest BCUT2D eigenvalue weighted by Gasteiger charge is 2.04. The molecule has 5 heteroatoms. The Bertz CT molecular complexity index is 262. The minimum atomic E-state index is -0.207. The van der Waals surface area contributed by atoms with Crippen LogP contribution in [0.3, 0.4) is 0 Å². The fraction of sp³-hybridized carbons (Fsp3) is 0.375. The molecule has 0 bridgehead atoms. The van der Waals surface area contributed by atoms with Crippen molar-refractivity contribution in [2.24, 2.45) is 5.73 Å². The average Bonchev–Trinajstić information content (AvgIpc) is 2.19. The lowest BCUT2D eigenvalue weighted by Crippen LogP contribution is -2.26. The van der Waals surface area contributed by atoms with Crippen LogP contribution in [0.15, 0.2) is 18.6 Å². The molecule has 0 aromatic carbocycles. The van der Waals surface area contributed by atoms with E-state index in [9.17, 15) is 4.79 Å². The van der Waals surface area contributed by atoms with Gasteiger partial charge in [0.25, 0.3) is 5.91 Å². The van der Waals surface area contributed by atoms with E-state index in [-0.39, 0.29) is 5.91 Å². The zero-order valence-electron chi connectivity index (χ0n) is 7.23. The summed E-state index contributed by atoms with van der Waals surface area (Å²) >= 11 is 0. The Morgan fingerprint density at radius 1 is 1.54 bits per heavy atom. The molecule has 3 N–H and O–H groups in total. The molecule has 1 aromatic heterocycles. The molecule has 1 amide bonds. The molecule has 1 aromatic rings. The Balaban J connectivity index is 2.40. The first kappa shape index (κ1) is 9.60. The van der Waals surface area contributed by atoms with Crippen LogP contribution in [0.4, 0.5) is 0 Å². The monoisotopic (exact) mass is 180 g/mol. The van der Waals surface area contributed by atoms with Gasteiger partial charge in [-0.1, -0.05) is 0 Å². The van der Waals surface area contributed by atoms with Crippen molar-refractivity contribution in [1.82, 2.24) is 15.3 Å². The lowest BCUT2D eigenvalue weighted by molar-refractivity contribution is 0.0948. The maximum atomic E-state index is 11.3. The number of nitrogens with one attached hydrogen (secondary N) is 1. The number of amides is 1. The Kier molecular flexibility index (Phi) is 3.84. The summed E-state index contributed by atoms with van der Waals surface area (Å²) in [5.74, 6) is -0.207. The van der Waals surface area contributed by atoms with Gasteiger partial charge in [-0.25, -0.2) is 4.98 Å². The summed E-state index contributed by atoms with van der Waals surface area (Å²) in [5.41, 5.74) is 5.61. The van der Waals surface area contributed by atoms with Gasteiger partial charge in [0.1, 0.15) is 5.69 Å². The van der Waals surface area contributed by atoms with Gasteiger partial charge in [0.05, 0.1) is 6.20 Å². The highest BCUT2D eigenvalue weighted by molar-refractivity contribution is 5.91. The lowest BCUT2D eigenvalue weighted by atomic mass is 10.4. The number of carbonyl (C=O) groups is 1. The van der Waals surface area contributed by atoms with E-state index >= 15 is 0 Å². The first-order chi connectivity index (χ1) is 6.34. The number of hydrogen-bond acceptors (Lipinski definition) is 4. The van der Waals surface area contributed by atoms with E-state index in [1.807, 2.05) is 0 Å². The summed E-state index contributed by atoms with van der Waals surface area (Å²) in [6.45, 7) is 1.15. The van der Waals surface area contributed by atoms with Crippen LogP contribution in [0.5, 0.6) is 0 Å². The molecule has 0 aliphatic rings. The molecule has 0 fully saturated rings. The number of nitrogens with two attached hydrogens (primary N) is 1. The van der Waals surface area contributed by atoms with Crippen LogP contribution < -0.4 is 11.1 Å². The summed E-state index contributed by atoms with van der Waals surface area (Å²) < 4.78 is 0. The van der Waals surface area contributed by atoms with Crippen LogP contribution in [0.25, 0.3) is 0 Å². The third-order valence-electron chi connectivity index (χ3n) is 1.46. The first-order valence-corrected chi connectivity index (χ1v) is 4.09. The molecule has 0 saturated carbocycles. The van der Waals surface area contributed by atoms with Gasteiger partial charge in [-0.3, -0.25) is 9.78 Å². The smallest absolute Gasteiger partial charge is 0.271 e. The second-order valence-electron chi connectivity index (χ2n) is 2.49.